The lowest BCUT2D eigenvalue weighted by atomic mass is 9.72. The number of carbonyl (C=O) groups is 1. The van der Waals surface area contributed by atoms with Crippen molar-refractivity contribution in [2.45, 2.75) is 58.8 Å². The maximum absolute atomic E-state index is 11.2. The van der Waals surface area contributed by atoms with Crippen molar-refractivity contribution in [3.8, 4) is 0 Å². The van der Waals surface area contributed by atoms with Gasteiger partial charge in [0.15, 0.2) is 0 Å². The molecule has 70 valence electrons. The highest BCUT2D eigenvalue weighted by atomic mass is 16.1. The zero-order valence-electron chi connectivity index (χ0n) is 8.36. The summed E-state index contributed by atoms with van der Waals surface area (Å²) in [5.74, 6) is 0.486. The molecule has 1 aliphatic rings. The lowest BCUT2D eigenvalue weighted by Gasteiger charge is -2.32. The van der Waals surface area contributed by atoms with Gasteiger partial charge in [-0.2, -0.15) is 0 Å². The lowest BCUT2D eigenvalue weighted by molar-refractivity contribution is -0.123. The summed E-state index contributed by atoms with van der Waals surface area (Å²) < 4.78 is 0. The molecule has 0 unspecified atom stereocenters. The molecule has 0 spiro atoms. The third kappa shape index (κ3) is 2.62. The van der Waals surface area contributed by atoms with E-state index in [1.807, 2.05) is 0 Å². The quantitative estimate of drug-likeness (QED) is 0.631. The van der Waals surface area contributed by atoms with Gasteiger partial charge in [-0.25, -0.2) is 0 Å². The van der Waals surface area contributed by atoms with Gasteiger partial charge in [-0.3, -0.25) is 4.79 Å². The summed E-state index contributed by atoms with van der Waals surface area (Å²) in [6, 6.07) is 0. The van der Waals surface area contributed by atoms with Crippen molar-refractivity contribution in [2.75, 3.05) is 0 Å². The molecule has 0 amide bonds. The Morgan fingerprint density at radius 1 is 1.50 bits per heavy atom. The molecular formula is C11H20O. The molecule has 1 saturated carbocycles. The molecule has 1 fully saturated rings. The van der Waals surface area contributed by atoms with E-state index in [-0.39, 0.29) is 0 Å². The Bertz CT molecular complexity index is 162. The molecule has 1 aliphatic carbocycles. The van der Waals surface area contributed by atoms with E-state index in [2.05, 4.69) is 13.8 Å². The molecule has 1 atom stereocenters. The molecular weight excluding hydrogens is 148 g/mol. The Hall–Kier alpha value is -0.330. The molecule has 12 heavy (non-hydrogen) atoms. The fourth-order valence-corrected chi connectivity index (χ4v) is 2.18. The minimum Gasteiger partial charge on any atom is -0.300 e. The van der Waals surface area contributed by atoms with Crippen LogP contribution >= 0.6 is 0 Å². The van der Waals surface area contributed by atoms with E-state index in [1.54, 1.807) is 0 Å². The van der Waals surface area contributed by atoms with E-state index in [4.69, 9.17) is 0 Å². The molecule has 1 heteroatoms. The third-order valence-electron chi connectivity index (χ3n) is 2.99. The van der Waals surface area contributed by atoms with Crippen molar-refractivity contribution in [2.24, 2.45) is 5.41 Å². The molecule has 0 radical (unpaired) electrons. The van der Waals surface area contributed by atoms with E-state index >= 15 is 0 Å². The average molecular weight is 168 g/mol. The van der Waals surface area contributed by atoms with Gasteiger partial charge in [0.2, 0.25) is 0 Å². The van der Waals surface area contributed by atoms with E-state index in [9.17, 15) is 4.79 Å². The Morgan fingerprint density at radius 2 is 2.25 bits per heavy atom. The second-order valence-corrected chi connectivity index (χ2v) is 4.48. The third-order valence-corrected chi connectivity index (χ3v) is 2.99. The maximum atomic E-state index is 11.2. The molecule has 0 bridgehead atoms. The monoisotopic (exact) mass is 168 g/mol. The number of Topliss-reactive ketones (excluding diaryl/α,β-unsaturated/α-hetero) is 1. The summed E-state index contributed by atoms with van der Waals surface area (Å²) in [6.45, 7) is 4.49. The van der Waals surface area contributed by atoms with Gasteiger partial charge < -0.3 is 0 Å². The van der Waals surface area contributed by atoms with E-state index in [1.165, 1.54) is 25.7 Å². The number of rotatable bonds is 3. The van der Waals surface area contributed by atoms with Crippen LogP contribution in [0.3, 0.4) is 0 Å². The van der Waals surface area contributed by atoms with Crippen LogP contribution in [-0.2, 0) is 4.79 Å². The van der Waals surface area contributed by atoms with Crippen molar-refractivity contribution in [1.29, 1.82) is 0 Å². The number of hydrogen-bond acceptors (Lipinski definition) is 1. The van der Waals surface area contributed by atoms with Crippen LogP contribution in [0.2, 0.25) is 0 Å². The SMILES string of the molecule is CCCC[C@]1(C)CCCC(=O)C1. The largest absolute Gasteiger partial charge is 0.300 e. The normalized spacial score (nSPS) is 30.7. The predicted octanol–water partition coefficient (Wildman–Crippen LogP) is 3.33. The molecule has 0 saturated heterocycles. The highest BCUT2D eigenvalue weighted by molar-refractivity contribution is 5.79. The first kappa shape index (κ1) is 9.76. The van der Waals surface area contributed by atoms with Gasteiger partial charge in [0.25, 0.3) is 0 Å². The van der Waals surface area contributed by atoms with E-state index in [0.29, 0.717) is 11.2 Å². The molecule has 0 aromatic heterocycles. The maximum Gasteiger partial charge on any atom is 0.133 e. The van der Waals surface area contributed by atoms with Gasteiger partial charge in [0, 0.05) is 12.8 Å². The summed E-state index contributed by atoms with van der Waals surface area (Å²) >= 11 is 0. The Balaban J connectivity index is 2.40. The van der Waals surface area contributed by atoms with Crippen LogP contribution < -0.4 is 0 Å². The Kier molecular flexibility index (Phi) is 3.30. The lowest BCUT2D eigenvalue weighted by Crippen LogP contribution is -2.25. The van der Waals surface area contributed by atoms with Gasteiger partial charge in [-0.1, -0.05) is 26.7 Å². The van der Waals surface area contributed by atoms with Crippen LogP contribution in [0.1, 0.15) is 58.8 Å². The number of hydrogen-bond donors (Lipinski definition) is 0. The highest BCUT2D eigenvalue weighted by Crippen LogP contribution is 2.38. The van der Waals surface area contributed by atoms with Crippen LogP contribution in [0.4, 0.5) is 0 Å². The molecule has 0 aromatic carbocycles. The molecule has 0 aromatic rings. The smallest absolute Gasteiger partial charge is 0.133 e. The van der Waals surface area contributed by atoms with Crippen molar-refractivity contribution in [3.63, 3.8) is 0 Å². The Labute approximate surface area is 75.5 Å². The predicted molar refractivity (Wildman–Crippen MR) is 51.1 cm³/mol. The fourth-order valence-electron chi connectivity index (χ4n) is 2.18. The van der Waals surface area contributed by atoms with E-state index in [0.717, 1.165) is 19.3 Å². The van der Waals surface area contributed by atoms with Gasteiger partial charge in [-0.15, -0.1) is 0 Å². The average Bonchev–Trinajstić information content (AvgIpc) is 2.01. The second kappa shape index (κ2) is 4.06. The highest BCUT2D eigenvalue weighted by Gasteiger charge is 2.29. The fraction of sp³-hybridized carbons (Fsp3) is 0.909. The minimum atomic E-state index is 0.353. The van der Waals surface area contributed by atoms with Gasteiger partial charge >= 0.3 is 0 Å². The summed E-state index contributed by atoms with van der Waals surface area (Å²) in [5.41, 5.74) is 0.353. The van der Waals surface area contributed by atoms with Crippen LogP contribution in [-0.4, -0.2) is 5.78 Å². The van der Waals surface area contributed by atoms with Gasteiger partial charge in [0.1, 0.15) is 5.78 Å². The molecule has 0 aliphatic heterocycles. The van der Waals surface area contributed by atoms with Crippen molar-refractivity contribution >= 4 is 5.78 Å². The minimum absolute atomic E-state index is 0.353. The second-order valence-electron chi connectivity index (χ2n) is 4.48. The van der Waals surface area contributed by atoms with E-state index < -0.39 is 0 Å². The van der Waals surface area contributed by atoms with Crippen molar-refractivity contribution in [1.82, 2.24) is 0 Å². The van der Waals surface area contributed by atoms with Crippen LogP contribution in [0.25, 0.3) is 0 Å². The molecule has 1 nitrogen and oxygen atoms in total. The number of carbonyl (C=O) groups excluding carboxylic acids is 1. The van der Waals surface area contributed by atoms with Crippen LogP contribution in [0.5, 0.6) is 0 Å². The van der Waals surface area contributed by atoms with Crippen LogP contribution in [0.15, 0.2) is 0 Å². The van der Waals surface area contributed by atoms with Crippen molar-refractivity contribution in [3.05, 3.63) is 0 Å². The summed E-state index contributed by atoms with van der Waals surface area (Å²) in [6.07, 6.45) is 7.84. The number of ketones is 1. The van der Waals surface area contributed by atoms with Gasteiger partial charge in [-0.05, 0) is 24.7 Å². The summed E-state index contributed by atoms with van der Waals surface area (Å²) in [4.78, 5) is 11.2. The first-order valence-corrected chi connectivity index (χ1v) is 5.18. The zero-order chi connectivity index (χ0) is 9.03. The first-order valence-electron chi connectivity index (χ1n) is 5.18. The van der Waals surface area contributed by atoms with Crippen LogP contribution in [0, 0.1) is 5.41 Å². The zero-order valence-corrected chi connectivity index (χ0v) is 8.36. The molecule has 0 heterocycles. The molecule has 1 rings (SSSR count). The first-order chi connectivity index (χ1) is 5.66. The standard InChI is InChI=1S/C11H20O/c1-3-4-7-11(2)8-5-6-10(12)9-11/h3-9H2,1-2H3/t11-/m1/s1. The summed E-state index contributed by atoms with van der Waals surface area (Å²) in [7, 11) is 0. The van der Waals surface area contributed by atoms with Gasteiger partial charge in [0.05, 0.1) is 0 Å². The summed E-state index contributed by atoms with van der Waals surface area (Å²) in [5, 5.41) is 0. The van der Waals surface area contributed by atoms with Crippen molar-refractivity contribution < 1.29 is 4.79 Å². The topological polar surface area (TPSA) is 17.1 Å². The Morgan fingerprint density at radius 3 is 2.83 bits per heavy atom. The molecule has 0 N–H and O–H groups in total. The number of unbranched alkanes of at least 4 members (excludes halogenated alkanes) is 1.